The highest BCUT2D eigenvalue weighted by Crippen LogP contribution is 2.59. The first-order valence-corrected chi connectivity index (χ1v) is 9.83. The van der Waals surface area contributed by atoms with Crippen LogP contribution in [0.3, 0.4) is 0 Å². The average molecular weight is 363 g/mol. The average Bonchev–Trinajstić information content (AvgIpc) is 3.30. The van der Waals surface area contributed by atoms with Gasteiger partial charge in [-0.3, -0.25) is 14.7 Å². The van der Waals surface area contributed by atoms with E-state index in [2.05, 4.69) is 34.1 Å². The third-order valence-electron chi connectivity index (χ3n) is 6.70. The van der Waals surface area contributed by atoms with Crippen LogP contribution in [-0.2, 0) is 10.2 Å². The maximum absolute atomic E-state index is 11.4. The van der Waals surface area contributed by atoms with E-state index in [0.29, 0.717) is 17.0 Å². The standard InChI is InChI=1S/C22H25N3O2/c23-21(26)17-9-16(11-24-12-17)15-1-3-18(4-2-15)22-10-19(22)13-25(14-22)20-5-7-27-8-6-20/h1-4,9,11-12,19-20H,5-8,10,13-14H2,(H2,23,26)/t19-,22+/m1/s1. The van der Waals surface area contributed by atoms with Crippen molar-refractivity contribution >= 4 is 5.91 Å². The van der Waals surface area contributed by atoms with Crippen LogP contribution in [0.4, 0.5) is 0 Å². The van der Waals surface area contributed by atoms with Crippen molar-refractivity contribution in [3.63, 3.8) is 0 Å². The lowest BCUT2D eigenvalue weighted by Gasteiger charge is -2.33. The SMILES string of the molecule is NC(=O)c1cncc(-c2ccc([C@@]34C[C@@H]3CN(C3CCOCC3)C4)cc2)c1. The number of nitrogens with zero attached hydrogens (tertiary/aromatic N) is 2. The number of benzene rings is 1. The second kappa shape index (κ2) is 6.43. The Labute approximate surface area is 159 Å². The van der Waals surface area contributed by atoms with E-state index in [1.807, 2.05) is 6.07 Å². The van der Waals surface area contributed by atoms with E-state index >= 15 is 0 Å². The van der Waals surface area contributed by atoms with Gasteiger partial charge in [0.1, 0.15) is 0 Å². The molecule has 3 aliphatic rings. The zero-order chi connectivity index (χ0) is 18.4. The molecule has 1 amide bonds. The van der Waals surface area contributed by atoms with Crippen LogP contribution in [0.5, 0.6) is 0 Å². The first-order chi connectivity index (χ1) is 13.2. The molecule has 2 aromatic rings. The van der Waals surface area contributed by atoms with E-state index in [9.17, 15) is 4.79 Å². The summed E-state index contributed by atoms with van der Waals surface area (Å²) in [4.78, 5) is 18.2. The van der Waals surface area contributed by atoms with Crippen LogP contribution in [-0.4, -0.2) is 48.1 Å². The van der Waals surface area contributed by atoms with Gasteiger partial charge in [0.15, 0.2) is 0 Å². The molecule has 2 N–H and O–H groups in total. The first kappa shape index (κ1) is 16.9. The highest BCUT2D eigenvalue weighted by Gasteiger charge is 2.61. The lowest BCUT2D eigenvalue weighted by atomic mass is 9.92. The predicted molar refractivity (Wildman–Crippen MR) is 103 cm³/mol. The molecule has 1 saturated carbocycles. The molecule has 0 bridgehead atoms. The number of rotatable bonds is 4. The van der Waals surface area contributed by atoms with Gasteiger partial charge in [0.05, 0.1) is 5.56 Å². The first-order valence-electron chi connectivity index (χ1n) is 9.83. The van der Waals surface area contributed by atoms with Crippen molar-refractivity contribution in [2.75, 3.05) is 26.3 Å². The van der Waals surface area contributed by atoms with Gasteiger partial charge in [0.25, 0.3) is 0 Å². The number of primary amides is 1. The molecule has 27 heavy (non-hydrogen) atoms. The van der Waals surface area contributed by atoms with Gasteiger partial charge in [0, 0.05) is 55.7 Å². The molecular weight excluding hydrogens is 338 g/mol. The van der Waals surface area contributed by atoms with Crippen molar-refractivity contribution in [1.29, 1.82) is 0 Å². The smallest absolute Gasteiger partial charge is 0.250 e. The van der Waals surface area contributed by atoms with Gasteiger partial charge in [-0.2, -0.15) is 0 Å². The van der Waals surface area contributed by atoms with Gasteiger partial charge in [-0.1, -0.05) is 24.3 Å². The fraction of sp³-hybridized carbons (Fsp3) is 0.455. The number of carbonyl (C=O) groups is 1. The molecule has 0 spiro atoms. The molecule has 5 heteroatoms. The van der Waals surface area contributed by atoms with E-state index in [0.717, 1.165) is 30.3 Å². The van der Waals surface area contributed by atoms with Crippen molar-refractivity contribution in [1.82, 2.24) is 9.88 Å². The Kier molecular flexibility index (Phi) is 4.02. The molecular formula is C22H25N3O2. The molecule has 2 saturated heterocycles. The number of pyridine rings is 1. The lowest BCUT2D eigenvalue weighted by molar-refractivity contribution is 0.0378. The van der Waals surface area contributed by atoms with E-state index < -0.39 is 5.91 Å². The third-order valence-corrected chi connectivity index (χ3v) is 6.70. The van der Waals surface area contributed by atoms with Gasteiger partial charge in [-0.25, -0.2) is 0 Å². The van der Waals surface area contributed by atoms with Crippen molar-refractivity contribution < 1.29 is 9.53 Å². The van der Waals surface area contributed by atoms with Crippen LogP contribution in [0.15, 0.2) is 42.7 Å². The summed E-state index contributed by atoms with van der Waals surface area (Å²) >= 11 is 0. The number of amides is 1. The fourth-order valence-electron chi connectivity index (χ4n) is 5.02. The molecule has 0 radical (unpaired) electrons. The second-order valence-electron chi connectivity index (χ2n) is 8.23. The minimum absolute atomic E-state index is 0.351. The highest BCUT2D eigenvalue weighted by atomic mass is 16.5. The Hall–Kier alpha value is -2.24. The van der Waals surface area contributed by atoms with Crippen LogP contribution in [0.1, 0.15) is 35.2 Å². The molecule has 5 rings (SSSR count). The fourth-order valence-corrected chi connectivity index (χ4v) is 5.02. The van der Waals surface area contributed by atoms with Crippen LogP contribution in [0.25, 0.3) is 11.1 Å². The number of fused-ring (bicyclic) bond motifs is 1. The van der Waals surface area contributed by atoms with Gasteiger partial charge in [-0.15, -0.1) is 0 Å². The molecule has 2 atom stereocenters. The maximum atomic E-state index is 11.4. The van der Waals surface area contributed by atoms with Crippen LogP contribution < -0.4 is 5.73 Å². The van der Waals surface area contributed by atoms with Gasteiger partial charge >= 0.3 is 0 Å². The molecule has 1 aromatic carbocycles. The summed E-state index contributed by atoms with van der Waals surface area (Å²) in [5.74, 6) is 0.353. The maximum Gasteiger partial charge on any atom is 0.250 e. The van der Waals surface area contributed by atoms with Crippen molar-refractivity contribution in [2.45, 2.75) is 30.7 Å². The van der Waals surface area contributed by atoms with Crippen molar-refractivity contribution in [3.05, 3.63) is 53.9 Å². The number of hydrogen-bond acceptors (Lipinski definition) is 4. The van der Waals surface area contributed by atoms with Gasteiger partial charge < -0.3 is 10.5 Å². The Morgan fingerprint density at radius 3 is 2.67 bits per heavy atom. The minimum atomic E-state index is -0.445. The summed E-state index contributed by atoms with van der Waals surface area (Å²) < 4.78 is 5.52. The zero-order valence-electron chi connectivity index (χ0n) is 15.4. The molecule has 3 heterocycles. The van der Waals surface area contributed by atoms with E-state index in [1.165, 1.54) is 44.1 Å². The summed E-state index contributed by atoms with van der Waals surface area (Å²) in [6.07, 6.45) is 6.94. The number of likely N-dealkylation sites (tertiary alicyclic amines) is 1. The highest BCUT2D eigenvalue weighted by molar-refractivity contribution is 5.93. The third kappa shape index (κ3) is 2.95. The van der Waals surface area contributed by atoms with Crippen LogP contribution >= 0.6 is 0 Å². The van der Waals surface area contributed by atoms with Crippen LogP contribution in [0, 0.1) is 5.92 Å². The summed E-state index contributed by atoms with van der Waals surface area (Å²) in [5.41, 5.74) is 9.62. The summed E-state index contributed by atoms with van der Waals surface area (Å²) in [6.45, 7) is 4.23. The van der Waals surface area contributed by atoms with E-state index in [1.54, 1.807) is 6.20 Å². The number of piperidine rings is 1. The van der Waals surface area contributed by atoms with Gasteiger partial charge in [-0.05, 0) is 42.4 Å². The molecule has 1 aliphatic carbocycles. The molecule has 140 valence electrons. The Morgan fingerprint density at radius 1 is 1.15 bits per heavy atom. The van der Waals surface area contributed by atoms with Crippen molar-refractivity contribution in [2.24, 2.45) is 11.7 Å². The Bertz CT molecular complexity index is 860. The normalized spacial score (nSPS) is 28.1. The van der Waals surface area contributed by atoms with Gasteiger partial charge in [0.2, 0.25) is 5.91 Å². The molecule has 2 aliphatic heterocycles. The van der Waals surface area contributed by atoms with E-state index in [4.69, 9.17) is 10.5 Å². The second-order valence-corrected chi connectivity index (χ2v) is 8.23. The largest absolute Gasteiger partial charge is 0.381 e. The summed E-state index contributed by atoms with van der Waals surface area (Å²) in [5, 5.41) is 0. The molecule has 0 unspecified atom stereocenters. The summed E-state index contributed by atoms with van der Waals surface area (Å²) in [7, 11) is 0. The van der Waals surface area contributed by atoms with E-state index in [-0.39, 0.29) is 0 Å². The van der Waals surface area contributed by atoms with Crippen LogP contribution in [0.2, 0.25) is 0 Å². The molecule has 1 aromatic heterocycles. The Balaban J connectivity index is 1.34. The molecule has 3 fully saturated rings. The predicted octanol–water partition coefficient (Wildman–Crippen LogP) is 2.60. The molecule has 5 nitrogen and oxygen atoms in total. The number of aromatic nitrogens is 1. The van der Waals surface area contributed by atoms with Crippen molar-refractivity contribution in [3.8, 4) is 11.1 Å². The Morgan fingerprint density at radius 2 is 1.93 bits per heavy atom. The number of nitrogens with two attached hydrogens (primary N) is 1. The monoisotopic (exact) mass is 363 g/mol. The lowest BCUT2D eigenvalue weighted by Crippen LogP contribution is -2.40. The summed E-state index contributed by atoms with van der Waals surface area (Å²) in [6, 6.07) is 11.3. The number of hydrogen-bond donors (Lipinski definition) is 1. The minimum Gasteiger partial charge on any atom is -0.381 e. The number of carbonyl (C=O) groups excluding carboxylic acids is 1. The quantitative estimate of drug-likeness (QED) is 0.907. The number of ether oxygens (including phenoxy) is 1. The zero-order valence-corrected chi connectivity index (χ0v) is 15.4. The topological polar surface area (TPSA) is 68.5 Å².